The van der Waals surface area contributed by atoms with Crippen molar-refractivity contribution in [2.24, 2.45) is 5.92 Å². The summed E-state index contributed by atoms with van der Waals surface area (Å²) in [6.45, 7) is 2.94. The zero-order chi connectivity index (χ0) is 13.5. The predicted octanol–water partition coefficient (Wildman–Crippen LogP) is 0.0363. The van der Waals surface area contributed by atoms with Crippen molar-refractivity contribution in [1.29, 1.82) is 0 Å². The number of hydrogen-bond donors (Lipinski definition) is 2. The quantitative estimate of drug-likeness (QED) is 0.817. The molecular weight excluding hydrogens is 264 g/mol. The number of aromatic nitrogens is 1. The molecule has 0 aliphatic carbocycles. The summed E-state index contributed by atoms with van der Waals surface area (Å²) in [5.41, 5.74) is 5.89. The summed E-state index contributed by atoms with van der Waals surface area (Å²) < 4.78 is 27.4. The van der Waals surface area contributed by atoms with Crippen molar-refractivity contribution in [3.63, 3.8) is 0 Å². The Balaban J connectivity index is 1.81. The van der Waals surface area contributed by atoms with Crippen molar-refractivity contribution in [3.8, 4) is 0 Å². The maximum Gasteiger partial charge on any atom is 0.260 e. The fraction of sp³-hybridized carbons (Fsp3) is 0.583. The monoisotopic (exact) mass is 282 g/mol. The Kier molecular flexibility index (Phi) is 3.20. The molecule has 1 unspecified atom stereocenters. The molecule has 0 amide bonds. The average Bonchev–Trinajstić information content (AvgIpc) is 2.40. The number of piperidine rings is 3. The minimum Gasteiger partial charge on any atom is -0.396 e. The van der Waals surface area contributed by atoms with E-state index in [1.54, 1.807) is 12.1 Å². The van der Waals surface area contributed by atoms with Gasteiger partial charge in [-0.1, -0.05) is 0 Å². The molecule has 3 N–H and O–H groups in total. The Morgan fingerprint density at radius 2 is 2.11 bits per heavy atom. The third-order valence-electron chi connectivity index (χ3n) is 4.02. The van der Waals surface area contributed by atoms with E-state index in [-0.39, 0.29) is 16.8 Å². The van der Waals surface area contributed by atoms with Gasteiger partial charge in [0.25, 0.3) is 10.0 Å². The summed E-state index contributed by atoms with van der Waals surface area (Å²) >= 11 is 0. The molecule has 0 aromatic carbocycles. The molecular formula is C12H18N4O2S. The van der Waals surface area contributed by atoms with E-state index in [9.17, 15) is 8.42 Å². The van der Waals surface area contributed by atoms with Crippen LogP contribution in [0, 0.1) is 5.92 Å². The molecule has 0 spiro atoms. The van der Waals surface area contributed by atoms with Crippen molar-refractivity contribution in [2.75, 3.05) is 25.4 Å². The van der Waals surface area contributed by atoms with Crippen molar-refractivity contribution in [3.05, 3.63) is 18.3 Å². The van der Waals surface area contributed by atoms with Crippen LogP contribution in [0.15, 0.2) is 23.4 Å². The van der Waals surface area contributed by atoms with Gasteiger partial charge in [0.1, 0.15) is 0 Å². The minimum atomic E-state index is -3.63. The zero-order valence-corrected chi connectivity index (χ0v) is 11.4. The van der Waals surface area contributed by atoms with E-state index >= 15 is 0 Å². The molecule has 104 valence electrons. The summed E-state index contributed by atoms with van der Waals surface area (Å²) in [5, 5.41) is -0.0635. The zero-order valence-electron chi connectivity index (χ0n) is 10.6. The second-order valence-corrected chi connectivity index (χ2v) is 6.89. The molecule has 6 nitrogen and oxygen atoms in total. The molecule has 3 saturated heterocycles. The van der Waals surface area contributed by atoms with E-state index in [0.717, 1.165) is 32.5 Å². The standard InChI is InChI=1S/C12H18N4O2S/c13-10-2-1-5-14-12(10)19(17,18)15-11-8-16-6-3-9(11)4-7-16/h1-2,5,9,11,15H,3-4,6-8,13H2. The lowest BCUT2D eigenvalue weighted by Crippen LogP contribution is -2.57. The first-order chi connectivity index (χ1) is 9.06. The van der Waals surface area contributed by atoms with Crippen LogP contribution in [0.5, 0.6) is 0 Å². The van der Waals surface area contributed by atoms with Crippen LogP contribution in [0.2, 0.25) is 0 Å². The summed E-state index contributed by atoms with van der Waals surface area (Å²) in [4.78, 5) is 6.19. The van der Waals surface area contributed by atoms with Crippen LogP contribution in [0.3, 0.4) is 0 Å². The first-order valence-electron chi connectivity index (χ1n) is 6.51. The summed E-state index contributed by atoms with van der Waals surface area (Å²) in [5.74, 6) is 0.435. The summed E-state index contributed by atoms with van der Waals surface area (Å²) in [6, 6.07) is 3.16. The van der Waals surface area contributed by atoms with Gasteiger partial charge in [-0.3, -0.25) is 0 Å². The highest BCUT2D eigenvalue weighted by molar-refractivity contribution is 7.89. The Hall–Kier alpha value is -1.18. The van der Waals surface area contributed by atoms with Crippen LogP contribution in [-0.4, -0.2) is 44.0 Å². The number of nitrogen functional groups attached to an aromatic ring is 1. The van der Waals surface area contributed by atoms with Gasteiger partial charge in [0.2, 0.25) is 0 Å². The SMILES string of the molecule is Nc1cccnc1S(=O)(=O)NC1CN2CCC1CC2. The number of anilines is 1. The van der Waals surface area contributed by atoms with Crippen molar-refractivity contribution in [2.45, 2.75) is 23.9 Å². The topological polar surface area (TPSA) is 88.3 Å². The summed E-state index contributed by atoms with van der Waals surface area (Å²) in [7, 11) is -3.63. The normalized spacial score (nSPS) is 30.4. The van der Waals surface area contributed by atoms with Crippen LogP contribution in [0.4, 0.5) is 5.69 Å². The number of rotatable bonds is 3. The van der Waals surface area contributed by atoms with Gasteiger partial charge in [-0.2, -0.15) is 0 Å². The molecule has 3 aliphatic rings. The highest BCUT2D eigenvalue weighted by atomic mass is 32.2. The molecule has 1 aromatic rings. The van der Waals surface area contributed by atoms with E-state index in [4.69, 9.17) is 5.73 Å². The summed E-state index contributed by atoms with van der Waals surface area (Å²) in [6.07, 6.45) is 3.57. The van der Waals surface area contributed by atoms with E-state index in [0.29, 0.717) is 5.92 Å². The Bertz CT molecular complexity index is 567. The van der Waals surface area contributed by atoms with Gasteiger partial charge in [-0.25, -0.2) is 18.1 Å². The number of fused-ring (bicyclic) bond motifs is 3. The lowest BCUT2D eigenvalue weighted by molar-refractivity contribution is 0.0827. The van der Waals surface area contributed by atoms with Crippen LogP contribution in [0.25, 0.3) is 0 Å². The molecule has 1 aromatic heterocycles. The maximum absolute atomic E-state index is 12.3. The smallest absolute Gasteiger partial charge is 0.260 e. The van der Waals surface area contributed by atoms with E-state index in [2.05, 4.69) is 14.6 Å². The fourth-order valence-corrected chi connectivity index (χ4v) is 4.34. The van der Waals surface area contributed by atoms with Gasteiger partial charge >= 0.3 is 0 Å². The molecule has 1 atom stereocenters. The lowest BCUT2D eigenvalue weighted by atomic mass is 9.85. The third-order valence-corrected chi connectivity index (χ3v) is 5.48. The second kappa shape index (κ2) is 4.73. The van der Waals surface area contributed by atoms with Crippen LogP contribution in [0.1, 0.15) is 12.8 Å². The van der Waals surface area contributed by atoms with E-state index < -0.39 is 10.0 Å². The molecule has 0 saturated carbocycles. The van der Waals surface area contributed by atoms with Crippen LogP contribution < -0.4 is 10.5 Å². The number of hydrogen-bond acceptors (Lipinski definition) is 5. The van der Waals surface area contributed by atoms with Gasteiger partial charge < -0.3 is 10.6 Å². The molecule has 2 bridgehead atoms. The molecule has 0 radical (unpaired) electrons. The largest absolute Gasteiger partial charge is 0.396 e. The molecule has 3 fully saturated rings. The Morgan fingerprint density at radius 3 is 2.68 bits per heavy atom. The van der Waals surface area contributed by atoms with Gasteiger partial charge in [0, 0.05) is 18.8 Å². The molecule has 4 heterocycles. The minimum absolute atomic E-state index is 0.0195. The lowest BCUT2D eigenvalue weighted by Gasteiger charge is -2.44. The first-order valence-corrected chi connectivity index (χ1v) is 8.00. The Morgan fingerprint density at radius 1 is 1.37 bits per heavy atom. The Labute approximate surface area is 113 Å². The fourth-order valence-electron chi connectivity index (χ4n) is 2.98. The highest BCUT2D eigenvalue weighted by Crippen LogP contribution is 2.28. The number of nitrogens with two attached hydrogens (primary N) is 1. The second-order valence-electron chi connectivity index (χ2n) is 5.26. The maximum atomic E-state index is 12.3. The number of pyridine rings is 1. The van der Waals surface area contributed by atoms with Crippen molar-refractivity contribution < 1.29 is 8.42 Å². The van der Waals surface area contributed by atoms with Gasteiger partial charge in [-0.05, 0) is 44.0 Å². The molecule has 19 heavy (non-hydrogen) atoms. The van der Waals surface area contributed by atoms with Gasteiger partial charge in [-0.15, -0.1) is 0 Å². The van der Waals surface area contributed by atoms with Crippen LogP contribution >= 0.6 is 0 Å². The molecule has 3 aliphatic heterocycles. The van der Waals surface area contributed by atoms with E-state index in [1.165, 1.54) is 6.20 Å². The van der Waals surface area contributed by atoms with Crippen molar-refractivity contribution >= 4 is 15.7 Å². The van der Waals surface area contributed by atoms with Gasteiger partial charge in [0.15, 0.2) is 5.03 Å². The predicted molar refractivity (Wildman–Crippen MR) is 71.9 cm³/mol. The van der Waals surface area contributed by atoms with E-state index in [1.807, 2.05) is 0 Å². The molecule has 4 rings (SSSR count). The third kappa shape index (κ3) is 2.45. The molecule has 7 heteroatoms. The average molecular weight is 282 g/mol. The number of sulfonamides is 1. The number of nitrogens with zero attached hydrogens (tertiary/aromatic N) is 2. The highest BCUT2D eigenvalue weighted by Gasteiger charge is 2.37. The number of nitrogens with one attached hydrogen (secondary N) is 1. The van der Waals surface area contributed by atoms with Crippen LogP contribution in [-0.2, 0) is 10.0 Å². The first kappa shape index (κ1) is 12.8. The van der Waals surface area contributed by atoms with Gasteiger partial charge in [0.05, 0.1) is 5.69 Å². The van der Waals surface area contributed by atoms with Crippen molar-refractivity contribution in [1.82, 2.24) is 14.6 Å².